The van der Waals surface area contributed by atoms with Gasteiger partial charge in [0.25, 0.3) is 0 Å². The van der Waals surface area contributed by atoms with Gasteiger partial charge >= 0.3 is 0 Å². The maximum Gasteiger partial charge on any atom is 0.0895 e. The van der Waals surface area contributed by atoms with Crippen LogP contribution in [0, 0.1) is 0 Å². The lowest BCUT2D eigenvalue weighted by Crippen LogP contribution is -2.00. The second kappa shape index (κ2) is 21.4. The van der Waals surface area contributed by atoms with Crippen LogP contribution < -0.4 is 0 Å². The molecule has 13 rings (SSSR count). The minimum absolute atomic E-state index is 0.645. The molecule has 5 aromatic heterocycles. The Kier molecular flexibility index (Phi) is 12.9. The molecule has 0 spiro atoms. The normalized spacial score (nSPS) is 11.9. The molecule has 8 aromatic carbocycles. The van der Waals surface area contributed by atoms with Gasteiger partial charge in [0.2, 0.25) is 0 Å². The molecule has 5 heterocycles. The molecule has 0 atom stereocenters. The average molecular weight is 997 g/mol. The Morgan fingerprint density at radius 1 is 0.192 bits per heavy atom. The van der Waals surface area contributed by atoms with E-state index in [0.717, 1.165) is 88.8 Å². The second-order valence-electron chi connectivity index (χ2n) is 19.1. The summed E-state index contributed by atoms with van der Waals surface area (Å²) in [5.74, 6) is 0. The number of benzene rings is 8. The van der Waals surface area contributed by atoms with Crippen molar-refractivity contribution in [1.29, 1.82) is 0 Å². The third-order valence-electron chi connectivity index (χ3n) is 14.2. The smallest absolute Gasteiger partial charge is 0.0895 e. The maximum absolute atomic E-state index is 5.51. The number of nitrogens with zero attached hydrogens (tertiary/aromatic N) is 6. The van der Waals surface area contributed by atoms with E-state index in [1.807, 2.05) is 97.7 Å². The molecule has 6 nitrogen and oxygen atoms in total. The van der Waals surface area contributed by atoms with Gasteiger partial charge in [-0.15, -0.1) is 0 Å². The zero-order valence-corrected chi connectivity index (χ0v) is 42.4. The molecule has 0 radical (unpaired) electrons. The highest BCUT2D eigenvalue weighted by atomic mass is 14.8. The van der Waals surface area contributed by atoms with Gasteiger partial charge in [0.05, 0.1) is 45.6 Å². The lowest BCUT2D eigenvalue weighted by molar-refractivity contribution is 1.12. The Morgan fingerprint density at radius 3 is 0.654 bits per heavy atom. The molecule has 6 heteroatoms. The van der Waals surface area contributed by atoms with Gasteiger partial charge in [0.15, 0.2) is 0 Å². The molecule has 0 aliphatic heterocycles. The van der Waals surface area contributed by atoms with Gasteiger partial charge in [-0.05, 0) is 162 Å². The van der Waals surface area contributed by atoms with Crippen LogP contribution in [0.25, 0.3) is 136 Å². The third kappa shape index (κ3) is 9.93. The van der Waals surface area contributed by atoms with Crippen LogP contribution in [-0.4, -0.2) is 29.9 Å². The number of pyridine rings is 4. The van der Waals surface area contributed by atoms with Gasteiger partial charge < -0.3 is 0 Å². The van der Waals surface area contributed by atoms with Gasteiger partial charge in [0, 0.05) is 47.0 Å². The molecule has 78 heavy (non-hydrogen) atoms. The van der Waals surface area contributed by atoms with Crippen LogP contribution in [0.1, 0.15) is 45.6 Å². The molecular formula is C72H48N6. The zero-order chi connectivity index (χ0) is 52.0. The lowest BCUT2D eigenvalue weighted by atomic mass is 9.99. The summed E-state index contributed by atoms with van der Waals surface area (Å²) >= 11 is 0. The first-order valence-corrected chi connectivity index (χ1v) is 26.0. The summed E-state index contributed by atoms with van der Waals surface area (Å²) in [6.45, 7) is 0. The minimum atomic E-state index is 0.645. The van der Waals surface area contributed by atoms with Crippen molar-refractivity contribution in [2.75, 3.05) is 0 Å². The van der Waals surface area contributed by atoms with E-state index >= 15 is 0 Å². The van der Waals surface area contributed by atoms with E-state index in [1.165, 1.54) is 21.5 Å². The standard InChI is InChI=1S/C72H48N6/c1-5-17-53-45-57(29-25-49(53)13-1)61-21-9-41-73-65(61)33-37-69-70(38-34-66-62(22-10-42-74-66)58-30-26-50-14-2-6-18-54(50)46-58)78-72(40-36-68-64(24-12-44-76-68)60-32-28-52-16-4-8-20-56(52)48-60)71(77-69)39-35-67-63(23-11-43-75-67)59-31-27-51-15-3-7-19-55(51)47-59/h1-48H. The molecule has 0 aliphatic rings. The van der Waals surface area contributed by atoms with Crippen LogP contribution in [0.4, 0.5) is 0 Å². The number of hydrogen-bond donors (Lipinski definition) is 0. The van der Waals surface area contributed by atoms with Gasteiger partial charge in [0.1, 0.15) is 0 Å². The first-order valence-electron chi connectivity index (χ1n) is 26.0. The molecule has 0 unspecified atom stereocenters. The Hall–Kier alpha value is -10.6. The highest BCUT2D eigenvalue weighted by molar-refractivity contribution is 5.94. The molecule has 366 valence electrons. The molecule has 13 aromatic rings. The van der Waals surface area contributed by atoms with Crippen LogP contribution in [0.2, 0.25) is 0 Å². The van der Waals surface area contributed by atoms with E-state index in [9.17, 15) is 0 Å². The van der Waals surface area contributed by atoms with Crippen LogP contribution in [0.5, 0.6) is 0 Å². The zero-order valence-electron chi connectivity index (χ0n) is 42.4. The predicted molar refractivity (Wildman–Crippen MR) is 326 cm³/mol. The first kappa shape index (κ1) is 47.2. The van der Waals surface area contributed by atoms with E-state index in [4.69, 9.17) is 29.9 Å². The molecular weight excluding hydrogens is 949 g/mol. The lowest BCUT2D eigenvalue weighted by Gasteiger charge is -2.10. The van der Waals surface area contributed by atoms with Crippen molar-refractivity contribution in [3.8, 4) is 44.5 Å². The largest absolute Gasteiger partial charge is 0.256 e. The summed E-state index contributed by atoms with van der Waals surface area (Å²) in [6.07, 6.45) is 23.6. The van der Waals surface area contributed by atoms with Crippen molar-refractivity contribution in [3.63, 3.8) is 0 Å². The summed E-state index contributed by atoms with van der Waals surface area (Å²) in [7, 11) is 0. The molecule has 0 aliphatic carbocycles. The van der Waals surface area contributed by atoms with Crippen LogP contribution in [-0.2, 0) is 0 Å². The topological polar surface area (TPSA) is 77.3 Å². The van der Waals surface area contributed by atoms with Crippen molar-refractivity contribution in [2.45, 2.75) is 0 Å². The van der Waals surface area contributed by atoms with Crippen molar-refractivity contribution < 1.29 is 0 Å². The minimum Gasteiger partial charge on any atom is -0.256 e. The average Bonchev–Trinajstić information content (AvgIpc) is 3.56. The van der Waals surface area contributed by atoms with E-state index in [-0.39, 0.29) is 0 Å². The molecule has 0 N–H and O–H groups in total. The summed E-state index contributed by atoms with van der Waals surface area (Å²) in [5.41, 5.74) is 14.1. The quantitative estimate of drug-likeness (QED) is 0.121. The SMILES string of the molecule is C(=Cc1nc(C=Cc2ncccc2-c2ccc3ccccc3c2)c(C=Cc2ncccc2-c2ccc3ccccc3c2)nc1C=Cc1ncccc1-c1ccc2ccccc2c1)c1ncccc1-c1ccc2ccccc2c1. The molecule has 0 amide bonds. The van der Waals surface area contributed by atoms with Crippen molar-refractivity contribution >= 4 is 91.7 Å². The van der Waals surface area contributed by atoms with Gasteiger partial charge in [-0.1, -0.05) is 170 Å². The Bertz CT molecular complexity index is 3960. The summed E-state index contributed by atoms with van der Waals surface area (Å²) in [6, 6.07) is 76.2. The Balaban J connectivity index is 0.972. The van der Waals surface area contributed by atoms with Crippen LogP contribution in [0.15, 0.2) is 243 Å². The van der Waals surface area contributed by atoms with Crippen molar-refractivity contribution in [2.24, 2.45) is 0 Å². The Morgan fingerprint density at radius 2 is 0.410 bits per heavy atom. The first-order chi connectivity index (χ1) is 38.6. The third-order valence-corrected chi connectivity index (χ3v) is 14.2. The van der Waals surface area contributed by atoms with E-state index in [2.05, 4.69) is 194 Å². The maximum atomic E-state index is 5.51. The second-order valence-corrected chi connectivity index (χ2v) is 19.1. The fourth-order valence-corrected chi connectivity index (χ4v) is 10.2. The molecule has 0 saturated carbocycles. The summed E-state index contributed by atoms with van der Waals surface area (Å²) < 4.78 is 0. The number of aromatic nitrogens is 6. The van der Waals surface area contributed by atoms with Crippen molar-refractivity contribution in [1.82, 2.24) is 29.9 Å². The van der Waals surface area contributed by atoms with Gasteiger partial charge in [-0.2, -0.15) is 0 Å². The monoisotopic (exact) mass is 996 g/mol. The summed E-state index contributed by atoms with van der Waals surface area (Å²) in [5, 5.41) is 9.39. The highest BCUT2D eigenvalue weighted by Gasteiger charge is 2.14. The summed E-state index contributed by atoms with van der Waals surface area (Å²) in [4.78, 5) is 30.7. The number of rotatable bonds is 12. The fourth-order valence-electron chi connectivity index (χ4n) is 10.2. The van der Waals surface area contributed by atoms with E-state index < -0.39 is 0 Å². The van der Waals surface area contributed by atoms with Crippen LogP contribution in [0.3, 0.4) is 0 Å². The predicted octanol–water partition coefficient (Wildman–Crippen LogP) is 18.0. The van der Waals surface area contributed by atoms with Crippen LogP contribution >= 0.6 is 0 Å². The molecule has 0 saturated heterocycles. The van der Waals surface area contributed by atoms with Gasteiger partial charge in [-0.3, -0.25) is 19.9 Å². The Labute approximate surface area is 452 Å². The van der Waals surface area contributed by atoms with E-state index in [0.29, 0.717) is 22.8 Å². The molecule has 0 bridgehead atoms. The molecule has 0 fully saturated rings. The fraction of sp³-hybridized carbons (Fsp3) is 0. The number of hydrogen-bond acceptors (Lipinski definition) is 6. The van der Waals surface area contributed by atoms with E-state index in [1.54, 1.807) is 0 Å². The number of fused-ring (bicyclic) bond motifs is 4. The highest BCUT2D eigenvalue weighted by Crippen LogP contribution is 2.33. The van der Waals surface area contributed by atoms with Gasteiger partial charge in [-0.25, -0.2) is 9.97 Å². The van der Waals surface area contributed by atoms with Crippen molar-refractivity contribution in [3.05, 3.63) is 289 Å².